The highest BCUT2D eigenvalue weighted by molar-refractivity contribution is 6.30. The van der Waals surface area contributed by atoms with Gasteiger partial charge in [0, 0.05) is 18.0 Å². The summed E-state index contributed by atoms with van der Waals surface area (Å²) >= 11 is 6.27. The van der Waals surface area contributed by atoms with E-state index in [-0.39, 0.29) is 24.0 Å². The van der Waals surface area contributed by atoms with E-state index in [0.29, 0.717) is 28.3 Å². The first-order valence-electron chi connectivity index (χ1n) is 14.1. The fourth-order valence-corrected chi connectivity index (χ4v) is 7.98. The highest BCUT2D eigenvalue weighted by atomic mass is 35.5. The molecule has 6 unspecified atom stereocenters. The number of nitrogens with one attached hydrogen (secondary N) is 1. The predicted molar refractivity (Wildman–Crippen MR) is 155 cm³/mol. The lowest BCUT2D eigenvalue weighted by Gasteiger charge is -2.50. The summed E-state index contributed by atoms with van der Waals surface area (Å²) < 4.78 is 13.7. The van der Waals surface area contributed by atoms with Gasteiger partial charge < -0.3 is 5.11 Å². The summed E-state index contributed by atoms with van der Waals surface area (Å²) in [4.78, 5) is 56.9. The minimum Gasteiger partial charge on any atom is -0.508 e. The van der Waals surface area contributed by atoms with Crippen LogP contribution in [0.2, 0.25) is 5.02 Å². The summed E-state index contributed by atoms with van der Waals surface area (Å²) in [6, 6.07) is 18.7. The summed E-state index contributed by atoms with van der Waals surface area (Å²) in [5.74, 6) is -5.20. The fourth-order valence-electron chi connectivity index (χ4n) is 7.85. The summed E-state index contributed by atoms with van der Waals surface area (Å²) in [6.45, 7) is 0. The number of hydrazine groups is 1. The second-order valence-electron chi connectivity index (χ2n) is 11.7. The molecule has 43 heavy (non-hydrogen) atoms. The van der Waals surface area contributed by atoms with Crippen LogP contribution in [0.3, 0.4) is 0 Å². The Labute approximate surface area is 251 Å². The number of carbonyl (C=O) groups is 4. The Balaban J connectivity index is 1.46. The second kappa shape index (κ2) is 9.77. The first-order valence-corrected chi connectivity index (χ1v) is 14.5. The van der Waals surface area contributed by atoms with Crippen molar-refractivity contribution < 1.29 is 28.7 Å². The van der Waals surface area contributed by atoms with Gasteiger partial charge in [-0.05, 0) is 78.4 Å². The number of rotatable bonds is 4. The maximum absolute atomic E-state index is 14.9. The van der Waals surface area contributed by atoms with E-state index < -0.39 is 52.6 Å². The van der Waals surface area contributed by atoms with Crippen LogP contribution in [0.25, 0.3) is 0 Å². The number of hydrogen-bond donors (Lipinski definition) is 2. The van der Waals surface area contributed by atoms with Crippen molar-refractivity contribution in [1.82, 2.24) is 9.91 Å². The molecular weight excluding hydrogens is 573 g/mol. The molecule has 0 bridgehead atoms. The average molecular weight is 600 g/mol. The van der Waals surface area contributed by atoms with E-state index in [2.05, 4.69) is 5.43 Å². The van der Waals surface area contributed by atoms with Crippen molar-refractivity contribution in [1.29, 1.82) is 0 Å². The number of phenols is 1. The molecule has 3 aromatic carbocycles. The van der Waals surface area contributed by atoms with Gasteiger partial charge in [-0.15, -0.1) is 0 Å². The third-order valence-corrected chi connectivity index (χ3v) is 9.95. The predicted octanol–water partition coefficient (Wildman–Crippen LogP) is 4.80. The van der Waals surface area contributed by atoms with E-state index in [9.17, 15) is 28.7 Å². The molecule has 3 aromatic rings. The van der Waals surface area contributed by atoms with Crippen LogP contribution in [0.4, 0.5) is 10.1 Å². The number of hydrogen-bond acceptors (Lipinski definition) is 6. The molecule has 2 N–H and O–H groups in total. The van der Waals surface area contributed by atoms with Crippen molar-refractivity contribution in [2.24, 2.45) is 23.7 Å². The Kier molecular flexibility index (Phi) is 6.21. The van der Waals surface area contributed by atoms with Gasteiger partial charge >= 0.3 is 0 Å². The Bertz CT molecular complexity index is 1710. The lowest BCUT2D eigenvalue weighted by molar-refractivity contribution is -0.140. The normalized spacial score (nSPS) is 29.7. The fraction of sp³-hybridized carbons (Fsp3) is 0.273. The van der Waals surface area contributed by atoms with Gasteiger partial charge in [0.05, 0.1) is 28.9 Å². The highest BCUT2D eigenvalue weighted by Gasteiger charge is 2.70. The molecule has 3 fully saturated rings. The minimum atomic E-state index is -1.45. The van der Waals surface area contributed by atoms with Gasteiger partial charge in [-0.3, -0.25) is 29.5 Å². The van der Waals surface area contributed by atoms with Gasteiger partial charge in [-0.2, -0.15) is 5.01 Å². The number of aromatic hydroxyl groups is 1. The number of imide groups is 2. The maximum atomic E-state index is 14.9. The van der Waals surface area contributed by atoms with Crippen LogP contribution >= 0.6 is 11.6 Å². The standard InChI is InChI=1S/C33H27ClFN3O5/c1-37-29(40)24-15-14-23-25(27(24)31(37)42)16-26-30(41)38(36-21-10-8-20(35)9-11-21)32(43)33(26,18-4-6-19(34)7-5-18)28(23)17-2-12-22(39)13-3-17/h2-14,24-28,36,39H,15-16H2,1H3. The number of nitrogens with zero attached hydrogens (tertiary/aromatic N) is 2. The van der Waals surface area contributed by atoms with Gasteiger partial charge in [0.25, 0.3) is 11.8 Å². The monoisotopic (exact) mass is 599 g/mol. The third kappa shape index (κ3) is 3.87. The number of fused-ring (bicyclic) bond motifs is 4. The summed E-state index contributed by atoms with van der Waals surface area (Å²) in [7, 11) is 1.49. The lowest BCUT2D eigenvalue weighted by Crippen LogP contribution is -2.53. The van der Waals surface area contributed by atoms with E-state index in [1.807, 2.05) is 6.08 Å². The van der Waals surface area contributed by atoms with Crippen LogP contribution in [0.5, 0.6) is 5.75 Å². The van der Waals surface area contributed by atoms with E-state index in [4.69, 9.17) is 11.6 Å². The zero-order valence-corrected chi connectivity index (χ0v) is 23.8. The number of halogens is 2. The number of likely N-dealkylation sites (tertiary alicyclic amines) is 1. The summed E-state index contributed by atoms with van der Waals surface area (Å²) in [5.41, 5.74) is 3.90. The molecule has 8 nitrogen and oxygen atoms in total. The average Bonchev–Trinajstić information content (AvgIpc) is 3.35. The number of benzene rings is 3. The smallest absolute Gasteiger partial charge is 0.260 e. The highest BCUT2D eigenvalue weighted by Crippen LogP contribution is 2.64. The van der Waals surface area contributed by atoms with E-state index in [1.54, 1.807) is 36.4 Å². The van der Waals surface area contributed by atoms with Crippen LogP contribution in [0.1, 0.15) is 29.9 Å². The molecule has 2 heterocycles. The molecule has 218 valence electrons. The zero-order valence-electron chi connectivity index (χ0n) is 23.0. The van der Waals surface area contributed by atoms with Crippen molar-refractivity contribution in [3.63, 3.8) is 0 Å². The summed E-state index contributed by atoms with van der Waals surface area (Å²) in [5, 5.41) is 11.6. The molecule has 0 spiro atoms. The Morgan fingerprint density at radius 1 is 0.884 bits per heavy atom. The first-order chi connectivity index (χ1) is 20.6. The third-order valence-electron chi connectivity index (χ3n) is 9.70. The number of phenolic OH excluding ortho intramolecular Hbond substituents is 1. The van der Waals surface area contributed by atoms with Crippen molar-refractivity contribution in [2.45, 2.75) is 24.2 Å². The van der Waals surface area contributed by atoms with Crippen LogP contribution in [0, 0.1) is 29.5 Å². The van der Waals surface area contributed by atoms with Crippen LogP contribution in [-0.4, -0.2) is 45.7 Å². The van der Waals surface area contributed by atoms with Gasteiger partial charge in [-0.1, -0.05) is 47.5 Å². The number of anilines is 1. The Morgan fingerprint density at radius 2 is 1.56 bits per heavy atom. The van der Waals surface area contributed by atoms with Crippen molar-refractivity contribution >= 4 is 40.9 Å². The van der Waals surface area contributed by atoms with Gasteiger partial charge in [0.15, 0.2) is 0 Å². The number of allylic oxidation sites excluding steroid dienone is 2. The van der Waals surface area contributed by atoms with Gasteiger partial charge in [-0.25, -0.2) is 4.39 Å². The summed E-state index contributed by atoms with van der Waals surface area (Å²) in [6.07, 6.45) is 2.47. The molecule has 7 rings (SSSR count). The molecule has 4 amide bonds. The topological polar surface area (TPSA) is 107 Å². The SMILES string of the molecule is CN1C(=O)C2CC=C3C(CC4C(=O)N(Nc5ccc(F)cc5)C(=O)C4(c4ccc(Cl)cc4)C3c3ccc(O)cc3)C2C1=O. The minimum absolute atomic E-state index is 0.0394. The first kappa shape index (κ1) is 27.3. The number of carbonyl (C=O) groups excluding carboxylic acids is 4. The quantitative estimate of drug-likeness (QED) is 0.330. The Morgan fingerprint density at radius 3 is 2.23 bits per heavy atom. The van der Waals surface area contributed by atoms with Crippen LogP contribution in [0.15, 0.2) is 84.4 Å². The van der Waals surface area contributed by atoms with Crippen molar-refractivity contribution in [3.8, 4) is 5.75 Å². The molecule has 2 aliphatic carbocycles. The van der Waals surface area contributed by atoms with Crippen LogP contribution in [-0.2, 0) is 24.6 Å². The van der Waals surface area contributed by atoms with Gasteiger partial charge in [0.2, 0.25) is 11.8 Å². The maximum Gasteiger partial charge on any atom is 0.260 e. The number of amides is 4. The van der Waals surface area contributed by atoms with E-state index in [1.165, 1.54) is 48.3 Å². The molecular formula is C33H27ClFN3O5. The molecule has 10 heteroatoms. The molecule has 1 saturated carbocycles. The van der Waals surface area contributed by atoms with Crippen molar-refractivity contribution in [2.75, 3.05) is 12.5 Å². The van der Waals surface area contributed by atoms with Crippen LogP contribution < -0.4 is 5.43 Å². The largest absolute Gasteiger partial charge is 0.508 e. The second-order valence-corrected chi connectivity index (χ2v) is 12.1. The van der Waals surface area contributed by atoms with Crippen molar-refractivity contribution in [3.05, 3.63) is 106 Å². The van der Waals surface area contributed by atoms with Gasteiger partial charge in [0.1, 0.15) is 11.6 Å². The molecule has 0 radical (unpaired) electrons. The Hall–Kier alpha value is -4.50. The molecule has 0 aromatic heterocycles. The molecule has 2 saturated heterocycles. The van der Waals surface area contributed by atoms with E-state index >= 15 is 0 Å². The van der Waals surface area contributed by atoms with E-state index in [0.717, 1.165) is 10.6 Å². The lowest BCUT2D eigenvalue weighted by atomic mass is 9.49. The molecule has 6 atom stereocenters. The molecule has 4 aliphatic rings. The zero-order chi connectivity index (χ0) is 30.2. The molecule has 2 aliphatic heterocycles.